The second-order valence-corrected chi connectivity index (χ2v) is 8.00. The number of nitrogens with zero attached hydrogens (tertiary/aromatic N) is 4. The van der Waals surface area contributed by atoms with Crippen molar-refractivity contribution in [3.8, 4) is 22.6 Å². The van der Waals surface area contributed by atoms with E-state index in [2.05, 4.69) is 9.97 Å². The van der Waals surface area contributed by atoms with Crippen molar-refractivity contribution in [1.29, 1.82) is 0 Å². The lowest BCUT2D eigenvalue weighted by Crippen LogP contribution is -2.16. The molecule has 2 aromatic heterocycles. The van der Waals surface area contributed by atoms with Crippen LogP contribution in [0.2, 0.25) is 0 Å². The van der Waals surface area contributed by atoms with Gasteiger partial charge < -0.3 is 9.47 Å². The Labute approximate surface area is 205 Å². The van der Waals surface area contributed by atoms with Gasteiger partial charge in [-0.25, -0.2) is 28.7 Å². The van der Waals surface area contributed by atoms with Gasteiger partial charge in [-0.1, -0.05) is 60.7 Å². The van der Waals surface area contributed by atoms with E-state index in [1.165, 1.54) is 46.6 Å². The van der Waals surface area contributed by atoms with Crippen molar-refractivity contribution in [2.24, 2.45) is 0 Å². The first kappa shape index (κ1) is 21.3. The molecule has 6 rings (SSSR count). The van der Waals surface area contributed by atoms with Gasteiger partial charge in [-0.3, -0.25) is 0 Å². The minimum absolute atomic E-state index is 0.323. The van der Waals surface area contributed by atoms with Crippen molar-refractivity contribution in [3.63, 3.8) is 0 Å². The molecule has 0 aliphatic heterocycles. The second kappa shape index (κ2) is 8.84. The van der Waals surface area contributed by atoms with Gasteiger partial charge in [-0.05, 0) is 33.7 Å². The topological polar surface area (TPSA) is 88.2 Å². The van der Waals surface area contributed by atoms with E-state index < -0.39 is 12.2 Å². The van der Waals surface area contributed by atoms with Crippen LogP contribution in [0, 0.1) is 0 Å². The van der Waals surface area contributed by atoms with Crippen LogP contribution in [0.1, 0.15) is 0 Å². The van der Waals surface area contributed by atoms with E-state index in [9.17, 15) is 9.59 Å². The number of aromatic nitrogens is 4. The zero-order valence-corrected chi connectivity index (χ0v) is 18.8. The van der Waals surface area contributed by atoms with Gasteiger partial charge in [0.05, 0.1) is 0 Å². The average Bonchev–Trinajstić information content (AvgIpc) is 3.64. The van der Waals surface area contributed by atoms with Crippen LogP contribution in [0.3, 0.4) is 0 Å². The molecule has 0 aliphatic rings. The predicted octanol–water partition coefficient (Wildman–Crippen LogP) is 6.15. The van der Waals surface area contributed by atoms with E-state index in [-0.39, 0.29) is 0 Å². The maximum absolute atomic E-state index is 12.9. The number of hydrogen-bond acceptors (Lipinski definition) is 6. The SMILES string of the molecule is O=C(Oc1ccc2ccccc2c1-c1c(OC(=O)n2ccnc2)ccc2ccccc12)n1ccnc1. The minimum atomic E-state index is -0.610. The Bertz CT molecular complexity index is 1590. The van der Waals surface area contributed by atoms with Gasteiger partial charge >= 0.3 is 12.2 Å². The van der Waals surface area contributed by atoms with Gasteiger partial charge in [-0.15, -0.1) is 0 Å². The second-order valence-electron chi connectivity index (χ2n) is 8.00. The van der Waals surface area contributed by atoms with Gasteiger partial charge in [0.15, 0.2) is 0 Å². The van der Waals surface area contributed by atoms with Crippen LogP contribution >= 0.6 is 0 Å². The molecule has 174 valence electrons. The van der Waals surface area contributed by atoms with Crippen LogP contribution in [0.15, 0.2) is 110 Å². The van der Waals surface area contributed by atoms with Crippen molar-refractivity contribution in [2.75, 3.05) is 0 Å². The largest absolute Gasteiger partial charge is 0.424 e. The molecular weight excluding hydrogens is 456 g/mol. The molecule has 36 heavy (non-hydrogen) atoms. The number of ether oxygens (including phenoxy) is 2. The monoisotopic (exact) mass is 474 g/mol. The highest BCUT2D eigenvalue weighted by Crippen LogP contribution is 2.45. The van der Waals surface area contributed by atoms with E-state index in [1.54, 1.807) is 12.1 Å². The van der Waals surface area contributed by atoms with Gasteiger partial charge in [-0.2, -0.15) is 0 Å². The Morgan fingerprint density at radius 2 is 1.03 bits per heavy atom. The minimum Gasteiger partial charge on any atom is -0.409 e. The molecule has 8 nitrogen and oxygen atoms in total. The quantitative estimate of drug-likeness (QED) is 0.306. The lowest BCUT2D eigenvalue weighted by Gasteiger charge is -2.18. The van der Waals surface area contributed by atoms with Crippen molar-refractivity contribution in [1.82, 2.24) is 19.1 Å². The van der Waals surface area contributed by atoms with Crippen LogP contribution < -0.4 is 9.47 Å². The van der Waals surface area contributed by atoms with E-state index in [1.807, 2.05) is 60.7 Å². The molecule has 0 N–H and O–H groups in total. The molecule has 0 bridgehead atoms. The molecule has 4 aromatic carbocycles. The molecule has 0 radical (unpaired) electrons. The third-order valence-electron chi connectivity index (χ3n) is 5.86. The summed E-state index contributed by atoms with van der Waals surface area (Å²) in [6.45, 7) is 0. The fourth-order valence-electron chi connectivity index (χ4n) is 4.22. The molecule has 0 atom stereocenters. The Balaban J connectivity index is 1.60. The highest BCUT2D eigenvalue weighted by molar-refractivity contribution is 6.10. The van der Waals surface area contributed by atoms with Crippen molar-refractivity contribution >= 4 is 33.7 Å². The summed E-state index contributed by atoms with van der Waals surface area (Å²) in [5, 5.41) is 3.55. The number of carbonyl (C=O) groups is 2. The number of carbonyl (C=O) groups excluding carboxylic acids is 2. The Morgan fingerprint density at radius 3 is 1.44 bits per heavy atom. The summed E-state index contributed by atoms with van der Waals surface area (Å²) < 4.78 is 14.2. The Kier molecular flexibility index (Phi) is 5.23. The van der Waals surface area contributed by atoms with Crippen molar-refractivity contribution in [2.45, 2.75) is 0 Å². The summed E-state index contributed by atoms with van der Waals surface area (Å²) in [6.07, 6.45) is 7.56. The molecule has 0 spiro atoms. The molecule has 2 heterocycles. The summed E-state index contributed by atoms with van der Waals surface area (Å²) in [5.41, 5.74) is 1.26. The molecule has 0 saturated carbocycles. The maximum Gasteiger partial charge on any atom is 0.424 e. The first-order chi connectivity index (χ1) is 17.7. The first-order valence-corrected chi connectivity index (χ1v) is 11.1. The number of imidazole rings is 2. The first-order valence-electron chi connectivity index (χ1n) is 11.1. The van der Waals surface area contributed by atoms with Crippen LogP contribution in [0.25, 0.3) is 32.7 Å². The zero-order chi connectivity index (χ0) is 24.5. The van der Waals surface area contributed by atoms with Crippen LogP contribution in [-0.4, -0.2) is 31.3 Å². The molecule has 6 aromatic rings. The van der Waals surface area contributed by atoms with Gasteiger partial charge in [0, 0.05) is 35.9 Å². The molecule has 0 fully saturated rings. The fourth-order valence-corrected chi connectivity index (χ4v) is 4.22. The van der Waals surface area contributed by atoms with Crippen LogP contribution in [0.4, 0.5) is 9.59 Å². The summed E-state index contributed by atoms with van der Waals surface area (Å²) in [5.74, 6) is 0.646. The zero-order valence-electron chi connectivity index (χ0n) is 18.8. The molecule has 0 saturated heterocycles. The van der Waals surface area contributed by atoms with Crippen LogP contribution in [0.5, 0.6) is 11.5 Å². The summed E-state index contributed by atoms with van der Waals surface area (Å²) in [7, 11) is 0. The normalized spacial score (nSPS) is 11.0. The maximum atomic E-state index is 12.9. The number of rotatable bonds is 3. The number of hydrogen-bond donors (Lipinski definition) is 0. The lowest BCUT2D eigenvalue weighted by atomic mass is 9.92. The van der Waals surface area contributed by atoms with Crippen molar-refractivity contribution in [3.05, 3.63) is 110 Å². The van der Waals surface area contributed by atoms with Gasteiger partial charge in [0.2, 0.25) is 0 Å². The standard InChI is InChI=1S/C28H18N4O4/c33-27(31-15-13-29-17-31)35-23-11-9-19-5-1-3-7-21(19)25(23)26-22-8-4-2-6-20(22)10-12-24(26)36-28(34)32-16-14-30-18-32/h1-18H. The summed E-state index contributed by atoms with van der Waals surface area (Å²) in [4.78, 5) is 33.6. The van der Waals surface area contributed by atoms with E-state index in [0.29, 0.717) is 22.6 Å². The smallest absolute Gasteiger partial charge is 0.409 e. The van der Waals surface area contributed by atoms with Crippen molar-refractivity contribution < 1.29 is 19.1 Å². The number of benzene rings is 4. The Morgan fingerprint density at radius 1 is 0.583 bits per heavy atom. The van der Waals surface area contributed by atoms with Gasteiger partial charge in [0.25, 0.3) is 0 Å². The van der Waals surface area contributed by atoms with E-state index in [4.69, 9.17) is 9.47 Å². The molecule has 0 unspecified atom stereocenters. The fraction of sp³-hybridized carbons (Fsp3) is 0. The molecule has 0 aliphatic carbocycles. The van der Waals surface area contributed by atoms with Crippen LogP contribution in [-0.2, 0) is 0 Å². The summed E-state index contributed by atoms with van der Waals surface area (Å²) in [6, 6.07) is 22.8. The highest BCUT2D eigenvalue weighted by atomic mass is 16.6. The molecule has 8 heteroatoms. The predicted molar refractivity (Wildman–Crippen MR) is 134 cm³/mol. The third-order valence-corrected chi connectivity index (χ3v) is 5.86. The average molecular weight is 474 g/mol. The van der Waals surface area contributed by atoms with Gasteiger partial charge in [0.1, 0.15) is 24.2 Å². The molecular formula is C28H18N4O4. The third kappa shape index (κ3) is 3.76. The van der Waals surface area contributed by atoms with E-state index in [0.717, 1.165) is 21.5 Å². The highest BCUT2D eigenvalue weighted by Gasteiger charge is 2.22. The Hall–Kier alpha value is -5.24. The summed E-state index contributed by atoms with van der Waals surface area (Å²) >= 11 is 0. The van der Waals surface area contributed by atoms with E-state index >= 15 is 0 Å². The lowest BCUT2D eigenvalue weighted by molar-refractivity contribution is 0.200. The number of fused-ring (bicyclic) bond motifs is 2. The molecule has 0 amide bonds.